The van der Waals surface area contributed by atoms with Gasteiger partial charge in [-0.25, -0.2) is 4.98 Å². The van der Waals surface area contributed by atoms with Gasteiger partial charge in [0.15, 0.2) is 5.16 Å². The van der Waals surface area contributed by atoms with Crippen molar-refractivity contribution >= 4 is 39.2 Å². The molecule has 0 unspecified atom stereocenters. The van der Waals surface area contributed by atoms with Crippen LogP contribution in [0.3, 0.4) is 0 Å². The van der Waals surface area contributed by atoms with Crippen molar-refractivity contribution in [2.75, 3.05) is 13.1 Å². The number of hydrogen-bond acceptors (Lipinski definition) is 5. The number of amides is 1. The van der Waals surface area contributed by atoms with Crippen LogP contribution in [0.4, 0.5) is 0 Å². The number of allylic oxidation sites excluding steroid dienone is 1. The molecule has 1 saturated heterocycles. The second kappa shape index (κ2) is 8.41. The number of aryl methyl sites for hydroxylation is 2. The van der Waals surface area contributed by atoms with E-state index in [1.807, 2.05) is 11.8 Å². The van der Waals surface area contributed by atoms with Crippen molar-refractivity contribution < 1.29 is 4.79 Å². The van der Waals surface area contributed by atoms with Gasteiger partial charge in [-0.2, -0.15) is 0 Å². The Kier molecular flexibility index (Phi) is 5.92. The molecule has 3 heterocycles. The number of thiophene rings is 1. The molecule has 1 atom stereocenters. The maximum Gasteiger partial charge on any atom is 0.263 e. The minimum Gasteiger partial charge on any atom is -0.342 e. The fourth-order valence-electron chi connectivity index (χ4n) is 4.19. The first-order chi connectivity index (χ1) is 13.6. The topological polar surface area (TPSA) is 55.2 Å². The molecule has 0 N–H and O–H groups in total. The van der Waals surface area contributed by atoms with Crippen LogP contribution in [0.25, 0.3) is 10.2 Å². The number of aromatic nitrogens is 2. The lowest BCUT2D eigenvalue weighted by molar-refractivity contribution is -0.130. The predicted octanol–water partition coefficient (Wildman–Crippen LogP) is 4.02. The zero-order valence-electron chi connectivity index (χ0n) is 16.4. The molecule has 1 fully saturated rings. The van der Waals surface area contributed by atoms with Gasteiger partial charge in [0, 0.05) is 24.5 Å². The summed E-state index contributed by atoms with van der Waals surface area (Å²) in [6.45, 7) is 7.84. The first-order valence-corrected chi connectivity index (χ1v) is 11.9. The summed E-state index contributed by atoms with van der Waals surface area (Å²) in [4.78, 5) is 35.1. The monoisotopic (exact) mass is 417 g/mol. The molecule has 0 radical (unpaired) electrons. The van der Waals surface area contributed by atoms with Crippen molar-refractivity contribution in [1.82, 2.24) is 14.5 Å². The van der Waals surface area contributed by atoms with Crippen LogP contribution in [0.15, 0.2) is 22.6 Å². The van der Waals surface area contributed by atoms with Crippen molar-refractivity contribution in [2.24, 2.45) is 0 Å². The average molecular weight is 418 g/mol. The van der Waals surface area contributed by atoms with Crippen molar-refractivity contribution in [2.45, 2.75) is 68.8 Å². The zero-order chi connectivity index (χ0) is 19.7. The molecule has 5 nitrogen and oxygen atoms in total. The summed E-state index contributed by atoms with van der Waals surface area (Å²) >= 11 is 3.06. The van der Waals surface area contributed by atoms with Crippen molar-refractivity contribution in [3.63, 3.8) is 0 Å². The summed E-state index contributed by atoms with van der Waals surface area (Å²) in [6.07, 6.45) is 9.42. The lowest BCUT2D eigenvalue weighted by atomic mass is 10.2. The van der Waals surface area contributed by atoms with Gasteiger partial charge >= 0.3 is 0 Å². The first-order valence-electron chi connectivity index (χ1n) is 10.2. The molecule has 28 heavy (non-hydrogen) atoms. The first kappa shape index (κ1) is 19.7. The predicted molar refractivity (Wildman–Crippen MR) is 116 cm³/mol. The Balaban J connectivity index is 1.65. The second-order valence-corrected chi connectivity index (χ2v) is 10.0. The highest BCUT2D eigenvalue weighted by molar-refractivity contribution is 8.00. The fourth-order valence-corrected chi connectivity index (χ4v) is 6.50. The van der Waals surface area contributed by atoms with Gasteiger partial charge in [0.25, 0.3) is 5.56 Å². The number of thioether (sulfide) groups is 1. The van der Waals surface area contributed by atoms with Crippen LogP contribution >= 0.6 is 23.1 Å². The molecular formula is C21H27N3O2S2. The van der Waals surface area contributed by atoms with Gasteiger partial charge < -0.3 is 4.90 Å². The molecule has 0 aromatic carbocycles. The minimum atomic E-state index is -0.259. The molecule has 0 bridgehead atoms. The van der Waals surface area contributed by atoms with E-state index in [9.17, 15) is 9.59 Å². The maximum absolute atomic E-state index is 13.2. The van der Waals surface area contributed by atoms with Gasteiger partial charge in [0.2, 0.25) is 5.91 Å². The van der Waals surface area contributed by atoms with E-state index in [-0.39, 0.29) is 16.7 Å². The molecule has 2 aliphatic rings. The van der Waals surface area contributed by atoms with E-state index in [2.05, 4.69) is 6.58 Å². The number of likely N-dealkylation sites (tertiary alicyclic amines) is 1. The van der Waals surface area contributed by atoms with E-state index in [0.717, 1.165) is 55.4 Å². The Morgan fingerprint density at radius 3 is 2.71 bits per heavy atom. The molecule has 4 rings (SSSR count). The summed E-state index contributed by atoms with van der Waals surface area (Å²) in [6, 6.07) is 0. The standard InChI is InChI=1S/C21H27N3O2S2/c1-3-11-24-20(26)17-15-9-8-10-16(15)28-18(17)22-21(24)27-14(2)19(25)23-12-6-4-5-7-13-23/h3,14H,1,4-13H2,2H3/t14-/m1/s1. The van der Waals surface area contributed by atoms with Crippen LogP contribution in [0.2, 0.25) is 0 Å². The van der Waals surface area contributed by atoms with Crippen LogP contribution in [0.1, 0.15) is 49.5 Å². The summed E-state index contributed by atoms with van der Waals surface area (Å²) in [7, 11) is 0. The van der Waals surface area contributed by atoms with E-state index in [0.29, 0.717) is 11.7 Å². The number of nitrogens with zero attached hydrogens (tertiary/aromatic N) is 3. The fraction of sp³-hybridized carbons (Fsp3) is 0.571. The second-order valence-electron chi connectivity index (χ2n) is 7.64. The van der Waals surface area contributed by atoms with E-state index in [4.69, 9.17) is 4.98 Å². The Bertz CT molecular complexity index is 955. The molecule has 2 aromatic heterocycles. The molecule has 1 aliphatic heterocycles. The molecule has 0 spiro atoms. The Labute approximate surface area is 173 Å². The van der Waals surface area contributed by atoms with Gasteiger partial charge in [-0.15, -0.1) is 17.9 Å². The summed E-state index contributed by atoms with van der Waals surface area (Å²) in [5.41, 5.74) is 1.21. The number of carbonyl (C=O) groups excluding carboxylic acids is 1. The number of rotatable bonds is 5. The van der Waals surface area contributed by atoms with Gasteiger partial charge in [-0.1, -0.05) is 30.7 Å². The SMILES string of the molecule is C=CCn1c(S[C@H](C)C(=O)N2CCCCCC2)nc2sc3c(c2c1=O)CCC3. The van der Waals surface area contributed by atoms with Crippen LogP contribution in [0, 0.1) is 0 Å². The van der Waals surface area contributed by atoms with E-state index >= 15 is 0 Å². The molecule has 1 aliphatic carbocycles. The third kappa shape index (κ3) is 3.66. The van der Waals surface area contributed by atoms with Gasteiger partial charge in [-0.05, 0) is 44.6 Å². The lowest BCUT2D eigenvalue weighted by Crippen LogP contribution is -2.37. The number of carbonyl (C=O) groups is 1. The normalized spacial score (nSPS) is 18.1. The molecule has 2 aromatic rings. The quantitative estimate of drug-likeness (QED) is 0.419. The van der Waals surface area contributed by atoms with Gasteiger partial charge in [0.1, 0.15) is 4.83 Å². The van der Waals surface area contributed by atoms with Crippen LogP contribution < -0.4 is 5.56 Å². The molecule has 7 heteroatoms. The molecule has 0 saturated carbocycles. The number of hydrogen-bond donors (Lipinski definition) is 0. The van der Waals surface area contributed by atoms with Crippen molar-refractivity contribution in [3.05, 3.63) is 33.4 Å². The van der Waals surface area contributed by atoms with Crippen molar-refractivity contribution in [3.8, 4) is 0 Å². The largest absolute Gasteiger partial charge is 0.342 e. The Morgan fingerprint density at radius 2 is 2.00 bits per heavy atom. The summed E-state index contributed by atoms with van der Waals surface area (Å²) in [5, 5.41) is 1.16. The van der Waals surface area contributed by atoms with Gasteiger partial charge in [0.05, 0.1) is 10.6 Å². The van der Waals surface area contributed by atoms with Crippen LogP contribution in [-0.2, 0) is 24.2 Å². The molecule has 150 valence electrons. The highest BCUT2D eigenvalue weighted by Gasteiger charge is 2.27. The minimum absolute atomic E-state index is 0.0150. The maximum atomic E-state index is 13.2. The smallest absolute Gasteiger partial charge is 0.263 e. The molecular weight excluding hydrogens is 390 g/mol. The zero-order valence-corrected chi connectivity index (χ0v) is 18.0. The van der Waals surface area contributed by atoms with E-state index in [1.165, 1.54) is 35.0 Å². The Morgan fingerprint density at radius 1 is 1.25 bits per heavy atom. The Hall–Kier alpha value is -1.60. The van der Waals surface area contributed by atoms with Crippen LogP contribution in [-0.4, -0.2) is 38.7 Å². The van der Waals surface area contributed by atoms with Crippen molar-refractivity contribution in [1.29, 1.82) is 0 Å². The highest BCUT2D eigenvalue weighted by atomic mass is 32.2. The van der Waals surface area contributed by atoms with Gasteiger partial charge in [-0.3, -0.25) is 14.2 Å². The average Bonchev–Trinajstić information content (AvgIpc) is 3.14. The summed E-state index contributed by atoms with van der Waals surface area (Å²) in [5.74, 6) is 0.153. The third-order valence-electron chi connectivity index (χ3n) is 5.65. The van der Waals surface area contributed by atoms with E-state index < -0.39 is 0 Å². The number of fused-ring (bicyclic) bond motifs is 3. The van der Waals surface area contributed by atoms with Crippen LogP contribution in [0.5, 0.6) is 0 Å². The molecule has 1 amide bonds. The summed E-state index contributed by atoms with van der Waals surface area (Å²) < 4.78 is 1.69. The lowest BCUT2D eigenvalue weighted by Gasteiger charge is -2.24. The van der Waals surface area contributed by atoms with E-state index in [1.54, 1.807) is 22.0 Å². The highest BCUT2D eigenvalue weighted by Crippen LogP contribution is 2.36. The third-order valence-corrected chi connectivity index (χ3v) is 7.91.